The van der Waals surface area contributed by atoms with Crippen LogP contribution in [0.1, 0.15) is 22.1 Å². The van der Waals surface area contributed by atoms with Gasteiger partial charge in [0, 0.05) is 7.29 Å². The zero-order chi connectivity index (χ0) is 10.5. The van der Waals surface area contributed by atoms with E-state index in [1.54, 1.807) is 13.8 Å². The number of hydrogen-bond donors (Lipinski definition) is 2. The Morgan fingerprint density at radius 3 is 2.38 bits per heavy atom. The van der Waals surface area contributed by atoms with Crippen molar-refractivity contribution in [3.05, 3.63) is 0 Å². The fourth-order valence-electron chi connectivity index (χ4n) is 2.05. The van der Waals surface area contributed by atoms with Crippen LogP contribution in [0.5, 0.6) is 0 Å². The summed E-state index contributed by atoms with van der Waals surface area (Å²) in [5.41, 5.74) is 0. The predicted molar refractivity (Wildman–Crippen MR) is 45.0 cm³/mol. The molecule has 0 aromatic rings. The molecule has 13 heavy (non-hydrogen) atoms. The van der Waals surface area contributed by atoms with Crippen molar-refractivity contribution in [2.45, 2.75) is 51.0 Å². The Morgan fingerprint density at radius 1 is 1.15 bits per heavy atom. The summed E-state index contributed by atoms with van der Waals surface area (Å²) in [6.45, 7) is 3.58. The maximum atomic E-state index is 9.66. The predicted octanol–water partition coefficient (Wildman–Crippen LogP) is -0.122. The zero-order valence-corrected chi connectivity index (χ0v) is 7.80. The van der Waals surface area contributed by atoms with Crippen LogP contribution < -0.4 is 0 Å². The van der Waals surface area contributed by atoms with Crippen molar-refractivity contribution in [3.8, 4) is 0 Å². The monoisotopic (exact) mass is 189 g/mol. The third-order valence-electron chi connectivity index (χ3n) is 2.71. The van der Waals surface area contributed by atoms with Crippen LogP contribution in [0.15, 0.2) is 0 Å². The van der Waals surface area contributed by atoms with Crippen LogP contribution in [-0.2, 0) is 9.47 Å². The number of aliphatic hydroxyl groups is 2. The van der Waals surface area contributed by atoms with Crippen molar-refractivity contribution >= 4 is 0 Å². The molecule has 1 saturated carbocycles. The van der Waals surface area contributed by atoms with E-state index in [0.717, 1.165) is 0 Å². The molecule has 2 aliphatic rings. The Hall–Kier alpha value is -0.160. The Labute approximate surface area is 78.9 Å². The highest BCUT2D eigenvalue weighted by Crippen LogP contribution is 2.41. The molecule has 1 heterocycles. The lowest BCUT2D eigenvalue weighted by molar-refractivity contribution is -0.179. The van der Waals surface area contributed by atoms with E-state index < -0.39 is 24.1 Å². The molecule has 2 rings (SSSR count). The third-order valence-corrected chi connectivity index (χ3v) is 2.71. The molecule has 0 bridgehead atoms. The SMILES string of the molecule is [2H]C[C@@H]1[C@@H](O)[C@H](O)[C@H]2OC(C)(C)O[C@@H]12. The quantitative estimate of drug-likeness (QED) is 0.557. The number of ether oxygens (including phenoxy) is 2. The van der Waals surface area contributed by atoms with Gasteiger partial charge in [-0.05, 0) is 13.8 Å². The zero-order valence-electron chi connectivity index (χ0n) is 8.80. The Bertz CT molecular complexity index is 233. The van der Waals surface area contributed by atoms with Crippen LogP contribution in [0, 0.1) is 5.92 Å². The lowest BCUT2D eigenvalue weighted by Crippen LogP contribution is -2.35. The molecule has 76 valence electrons. The minimum atomic E-state index is -0.933. The first-order chi connectivity index (χ1) is 6.46. The molecule has 0 unspecified atom stereocenters. The Balaban J connectivity index is 2.19. The molecule has 0 aromatic carbocycles. The van der Waals surface area contributed by atoms with Gasteiger partial charge >= 0.3 is 0 Å². The van der Waals surface area contributed by atoms with E-state index in [4.69, 9.17) is 10.8 Å². The first-order valence-corrected chi connectivity index (χ1v) is 4.47. The first kappa shape index (κ1) is 8.17. The molecule has 5 atom stereocenters. The summed E-state index contributed by atoms with van der Waals surface area (Å²) in [6.07, 6.45) is -2.68. The van der Waals surface area contributed by atoms with Gasteiger partial charge < -0.3 is 19.7 Å². The largest absolute Gasteiger partial charge is 0.390 e. The van der Waals surface area contributed by atoms with E-state index in [1.165, 1.54) is 0 Å². The van der Waals surface area contributed by atoms with Gasteiger partial charge in [0.05, 0.1) is 12.2 Å². The molecule has 0 amide bonds. The number of fused-ring (bicyclic) bond motifs is 1. The van der Waals surface area contributed by atoms with E-state index in [9.17, 15) is 10.2 Å². The highest BCUT2D eigenvalue weighted by Gasteiger charge is 2.56. The average Bonchev–Trinajstić information content (AvgIpc) is 2.50. The fourth-order valence-corrected chi connectivity index (χ4v) is 2.05. The minimum absolute atomic E-state index is 0.0405. The molecule has 1 aliphatic carbocycles. The van der Waals surface area contributed by atoms with Crippen molar-refractivity contribution in [2.24, 2.45) is 5.92 Å². The van der Waals surface area contributed by atoms with Crippen molar-refractivity contribution in [2.75, 3.05) is 0 Å². The maximum Gasteiger partial charge on any atom is 0.163 e. The second-order valence-corrected chi connectivity index (χ2v) is 4.21. The number of hydrogen-bond acceptors (Lipinski definition) is 4. The van der Waals surface area contributed by atoms with Crippen molar-refractivity contribution < 1.29 is 21.1 Å². The van der Waals surface area contributed by atoms with Crippen LogP contribution >= 0.6 is 0 Å². The molecule has 0 aromatic heterocycles. The Morgan fingerprint density at radius 2 is 1.77 bits per heavy atom. The summed E-state index contributed by atoms with van der Waals surface area (Å²) in [5, 5.41) is 19.3. The first-order valence-electron chi connectivity index (χ1n) is 5.18. The lowest BCUT2D eigenvalue weighted by atomic mass is 10.1. The summed E-state index contributed by atoms with van der Waals surface area (Å²) in [4.78, 5) is 0. The van der Waals surface area contributed by atoms with Gasteiger partial charge in [-0.15, -0.1) is 0 Å². The molecule has 4 heteroatoms. The molecule has 4 nitrogen and oxygen atoms in total. The standard InChI is InChI=1S/C9H16O4/c1-4-5(10)6(11)8-7(4)12-9(2,3)13-8/h4-8,10-11H,1-3H3/t4-,5-,6+,7+,8-/m1/s1/i1D. The molecular formula is C9H16O4. The molecule has 1 saturated heterocycles. The highest BCUT2D eigenvalue weighted by atomic mass is 16.8. The molecule has 0 radical (unpaired) electrons. The smallest absolute Gasteiger partial charge is 0.163 e. The van der Waals surface area contributed by atoms with E-state index in [2.05, 4.69) is 0 Å². The molecule has 0 spiro atoms. The van der Waals surface area contributed by atoms with Gasteiger partial charge in [-0.3, -0.25) is 0 Å². The third kappa shape index (κ3) is 1.29. The summed E-state index contributed by atoms with van der Waals surface area (Å²) >= 11 is 0. The number of rotatable bonds is 0. The summed E-state index contributed by atoms with van der Waals surface area (Å²) in [5.74, 6) is -1.07. The van der Waals surface area contributed by atoms with Gasteiger partial charge in [0.1, 0.15) is 12.2 Å². The van der Waals surface area contributed by atoms with Gasteiger partial charge in [-0.1, -0.05) is 6.90 Å². The van der Waals surface area contributed by atoms with E-state index >= 15 is 0 Å². The molecular weight excluding hydrogens is 172 g/mol. The molecule has 1 aliphatic heterocycles. The lowest BCUT2D eigenvalue weighted by Gasteiger charge is -2.23. The molecule has 2 N–H and O–H groups in total. The highest BCUT2D eigenvalue weighted by molar-refractivity contribution is 5.02. The van der Waals surface area contributed by atoms with Gasteiger partial charge in [-0.25, -0.2) is 0 Å². The van der Waals surface area contributed by atoms with Crippen molar-refractivity contribution in [1.82, 2.24) is 0 Å². The van der Waals surface area contributed by atoms with Crippen LogP contribution in [-0.4, -0.2) is 40.4 Å². The van der Waals surface area contributed by atoms with Crippen LogP contribution in [0.4, 0.5) is 0 Å². The second-order valence-electron chi connectivity index (χ2n) is 4.21. The average molecular weight is 189 g/mol. The second kappa shape index (κ2) is 2.67. The van der Waals surface area contributed by atoms with Gasteiger partial charge in [-0.2, -0.15) is 0 Å². The maximum absolute atomic E-state index is 9.66. The van der Waals surface area contributed by atoms with Crippen LogP contribution in [0.25, 0.3) is 0 Å². The van der Waals surface area contributed by atoms with E-state index in [1.807, 2.05) is 0 Å². The molecule has 2 fully saturated rings. The summed E-state index contributed by atoms with van der Waals surface area (Å²) < 4.78 is 18.3. The summed E-state index contributed by atoms with van der Waals surface area (Å²) in [6, 6.07) is 0. The van der Waals surface area contributed by atoms with Crippen molar-refractivity contribution in [3.63, 3.8) is 0 Å². The number of aliphatic hydroxyl groups excluding tert-OH is 2. The minimum Gasteiger partial charge on any atom is -0.390 e. The normalized spacial score (nSPS) is 54.8. The van der Waals surface area contributed by atoms with Crippen molar-refractivity contribution in [1.29, 1.82) is 0 Å². The van der Waals surface area contributed by atoms with Gasteiger partial charge in [0.15, 0.2) is 5.79 Å². The van der Waals surface area contributed by atoms with Crippen LogP contribution in [0.3, 0.4) is 0 Å². The van der Waals surface area contributed by atoms with E-state index in [0.29, 0.717) is 0 Å². The van der Waals surface area contributed by atoms with Crippen LogP contribution in [0.2, 0.25) is 0 Å². The van der Waals surface area contributed by atoms with Gasteiger partial charge in [0.25, 0.3) is 0 Å². The Kier molecular flexibility index (Phi) is 1.68. The van der Waals surface area contributed by atoms with Gasteiger partial charge in [0.2, 0.25) is 0 Å². The fraction of sp³-hybridized carbons (Fsp3) is 1.00. The summed E-state index contributed by atoms with van der Waals surface area (Å²) in [7, 11) is 0. The van der Waals surface area contributed by atoms with E-state index in [-0.39, 0.29) is 18.9 Å². The topological polar surface area (TPSA) is 58.9 Å².